The third kappa shape index (κ3) is 7.15. The third-order valence-corrected chi connectivity index (χ3v) is 4.52. The monoisotopic (exact) mass is 427 g/mol. The summed E-state index contributed by atoms with van der Waals surface area (Å²) in [5, 5.41) is 8.65. The first kappa shape index (κ1) is 23.3. The Balaban J connectivity index is 1.94. The molecule has 2 rings (SSSR count). The van der Waals surface area contributed by atoms with Crippen LogP contribution in [0.5, 0.6) is 5.75 Å². The lowest BCUT2D eigenvalue weighted by Gasteiger charge is -2.18. The largest absolute Gasteiger partial charge is 0.491 e. The van der Waals surface area contributed by atoms with Crippen LogP contribution in [-0.2, 0) is 4.79 Å². The average molecular weight is 428 g/mol. The standard InChI is InChI=1S/C23H29N3O3S/c1-6-15(2)29-19-12-10-16(11-13-19)20(27)26-22(30)25-18-9-7-8-17(14-18)24-21(28)23(3,4)5/h7-15H,6H2,1-5H3,(H,24,28)(H2,25,26,27,30). The highest BCUT2D eigenvalue weighted by molar-refractivity contribution is 7.80. The van der Waals surface area contributed by atoms with Crippen molar-refractivity contribution in [1.82, 2.24) is 5.32 Å². The molecule has 0 aromatic heterocycles. The van der Waals surface area contributed by atoms with E-state index in [1.54, 1.807) is 48.5 Å². The summed E-state index contributed by atoms with van der Waals surface area (Å²) in [4.78, 5) is 24.6. The number of thiocarbonyl (C=S) groups is 1. The molecule has 160 valence electrons. The van der Waals surface area contributed by atoms with E-state index in [4.69, 9.17) is 17.0 Å². The van der Waals surface area contributed by atoms with E-state index in [9.17, 15) is 9.59 Å². The minimum atomic E-state index is -0.498. The van der Waals surface area contributed by atoms with Crippen LogP contribution < -0.4 is 20.7 Å². The van der Waals surface area contributed by atoms with Crippen LogP contribution in [0.3, 0.4) is 0 Å². The molecule has 3 N–H and O–H groups in total. The molecule has 2 amide bonds. The number of benzene rings is 2. The summed E-state index contributed by atoms with van der Waals surface area (Å²) in [6.07, 6.45) is 1.02. The number of rotatable bonds is 6. The van der Waals surface area contributed by atoms with Crippen molar-refractivity contribution in [2.45, 2.75) is 47.1 Å². The zero-order chi connectivity index (χ0) is 22.3. The van der Waals surface area contributed by atoms with E-state index >= 15 is 0 Å². The molecule has 0 aliphatic carbocycles. The molecule has 0 saturated carbocycles. The predicted octanol–water partition coefficient (Wildman–Crippen LogP) is 4.98. The summed E-state index contributed by atoms with van der Waals surface area (Å²) in [5.41, 5.74) is 1.28. The van der Waals surface area contributed by atoms with E-state index in [2.05, 4.69) is 22.9 Å². The number of carbonyl (C=O) groups is 2. The van der Waals surface area contributed by atoms with Gasteiger partial charge in [0.05, 0.1) is 6.10 Å². The maximum Gasteiger partial charge on any atom is 0.257 e. The Morgan fingerprint density at radius 2 is 1.63 bits per heavy atom. The predicted molar refractivity (Wildman–Crippen MR) is 125 cm³/mol. The molecule has 2 aromatic carbocycles. The van der Waals surface area contributed by atoms with Gasteiger partial charge in [0.15, 0.2) is 5.11 Å². The van der Waals surface area contributed by atoms with Gasteiger partial charge in [-0.2, -0.15) is 0 Å². The van der Waals surface area contributed by atoms with Crippen molar-refractivity contribution in [1.29, 1.82) is 0 Å². The molecular formula is C23H29N3O3S. The van der Waals surface area contributed by atoms with Gasteiger partial charge in [0.1, 0.15) is 5.75 Å². The van der Waals surface area contributed by atoms with Crippen LogP contribution >= 0.6 is 12.2 Å². The SMILES string of the molecule is CCC(C)Oc1ccc(C(=O)NC(=S)Nc2cccc(NC(=O)C(C)(C)C)c2)cc1. The Labute approximate surface area is 183 Å². The number of ether oxygens (including phenoxy) is 1. The molecule has 7 heteroatoms. The second-order valence-corrected chi connectivity index (χ2v) is 8.46. The van der Waals surface area contributed by atoms with Crippen molar-refractivity contribution < 1.29 is 14.3 Å². The van der Waals surface area contributed by atoms with Gasteiger partial charge in [-0.3, -0.25) is 14.9 Å². The topological polar surface area (TPSA) is 79.5 Å². The van der Waals surface area contributed by atoms with Crippen molar-refractivity contribution in [2.75, 3.05) is 10.6 Å². The molecule has 0 heterocycles. The molecule has 0 fully saturated rings. The van der Waals surface area contributed by atoms with Crippen molar-refractivity contribution >= 4 is 40.5 Å². The Bertz CT molecular complexity index is 905. The molecular weight excluding hydrogens is 398 g/mol. The van der Waals surface area contributed by atoms with Gasteiger partial charge in [0.2, 0.25) is 5.91 Å². The molecule has 2 aromatic rings. The fraction of sp³-hybridized carbons (Fsp3) is 0.348. The van der Waals surface area contributed by atoms with E-state index in [1.807, 2.05) is 27.7 Å². The number of hydrogen-bond acceptors (Lipinski definition) is 4. The normalized spacial score (nSPS) is 11.9. The lowest BCUT2D eigenvalue weighted by atomic mass is 9.95. The van der Waals surface area contributed by atoms with Gasteiger partial charge in [-0.05, 0) is 68.0 Å². The van der Waals surface area contributed by atoms with E-state index in [-0.39, 0.29) is 23.0 Å². The third-order valence-electron chi connectivity index (χ3n) is 4.32. The van der Waals surface area contributed by atoms with Gasteiger partial charge in [-0.25, -0.2) is 0 Å². The van der Waals surface area contributed by atoms with Crippen LogP contribution in [0.2, 0.25) is 0 Å². The summed E-state index contributed by atoms with van der Waals surface area (Å²) < 4.78 is 5.72. The number of hydrogen-bond donors (Lipinski definition) is 3. The van der Waals surface area contributed by atoms with Crippen molar-refractivity contribution in [2.24, 2.45) is 5.41 Å². The maximum atomic E-state index is 12.4. The lowest BCUT2D eigenvalue weighted by Crippen LogP contribution is -2.34. The molecule has 0 aliphatic heterocycles. The molecule has 0 aliphatic rings. The average Bonchev–Trinajstić information content (AvgIpc) is 2.67. The minimum Gasteiger partial charge on any atom is -0.491 e. The van der Waals surface area contributed by atoms with Crippen molar-refractivity contribution in [3.8, 4) is 5.75 Å². The molecule has 0 bridgehead atoms. The maximum absolute atomic E-state index is 12.4. The van der Waals surface area contributed by atoms with Gasteiger partial charge in [0, 0.05) is 22.4 Å². The van der Waals surface area contributed by atoms with Gasteiger partial charge < -0.3 is 15.4 Å². The van der Waals surface area contributed by atoms with Crippen LogP contribution in [0, 0.1) is 5.41 Å². The number of carbonyl (C=O) groups excluding carboxylic acids is 2. The van der Waals surface area contributed by atoms with E-state index < -0.39 is 5.41 Å². The zero-order valence-electron chi connectivity index (χ0n) is 18.0. The fourth-order valence-corrected chi connectivity index (χ4v) is 2.54. The molecule has 1 atom stereocenters. The Kier molecular flexibility index (Phi) is 7.94. The van der Waals surface area contributed by atoms with E-state index in [1.165, 1.54) is 0 Å². The highest BCUT2D eigenvalue weighted by atomic mass is 32.1. The molecule has 0 saturated heterocycles. The van der Waals surface area contributed by atoms with E-state index in [0.717, 1.165) is 12.2 Å². The minimum absolute atomic E-state index is 0.0868. The molecule has 6 nitrogen and oxygen atoms in total. The smallest absolute Gasteiger partial charge is 0.257 e. The summed E-state index contributed by atoms with van der Waals surface area (Å²) in [5.74, 6) is 0.312. The van der Waals surface area contributed by atoms with Gasteiger partial charge in [-0.1, -0.05) is 33.8 Å². The molecule has 0 radical (unpaired) electrons. The van der Waals surface area contributed by atoms with Gasteiger partial charge in [0.25, 0.3) is 5.91 Å². The van der Waals surface area contributed by atoms with Crippen LogP contribution in [0.4, 0.5) is 11.4 Å². The summed E-state index contributed by atoms with van der Waals surface area (Å²) in [6.45, 7) is 9.58. The number of anilines is 2. The first-order valence-electron chi connectivity index (χ1n) is 9.89. The second-order valence-electron chi connectivity index (χ2n) is 8.05. The number of amides is 2. The fourth-order valence-electron chi connectivity index (χ4n) is 2.33. The quantitative estimate of drug-likeness (QED) is 0.567. The highest BCUT2D eigenvalue weighted by Gasteiger charge is 2.21. The molecule has 1 unspecified atom stereocenters. The van der Waals surface area contributed by atoms with Crippen LogP contribution in [0.25, 0.3) is 0 Å². The zero-order valence-corrected chi connectivity index (χ0v) is 18.9. The van der Waals surface area contributed by atoms with Crippen LogP contribution in [-0.4, -0.2) is 23.0 Å². The summed E-state index contributed by atoms with van der Waals surface area (Å²) >= 11 is 5.25. The molecule has 30 heavy (non-hydrogen) atoms. The van der Waals surface area contributed by atoms with Gasteiger partial charge >= 0.3 is 0 Å². The number of nitrogens with one attached hydrogen (secondary N) is 3. The Morgan fingerprint density at radius 1 is 1.03 bits per heavy atom. The van der Waals surface area contributed by atoms with Crippen LogP contribution in [0.15, 0.2) is 48.5 Å². The highest BCUT2D eigenvalue weighted by Crippen LogP contribution is 2.20. The summed E-state index contributed by atoms with van der Waals surface area (Å²) in [7, 11) is 0. The second kappa shape index (κ2) is 10.2. The summed E-state index contributed by atoms with van der Waals surface area (Å²) in [6, 6.07) is 14.0. The first-order valence-corrected chi connectivity index (χ1v) is 10.3. The van der Waals surface area contributed by atoms with Gasteiger partial charge in [-0.15, -0.1) is 0 Å². The molecule has 0 spiro atoms. The Hall–Kier alpha value is -2.93. The lowest BCUT2D eigenvalue weighted by molar-refractivity contribution is -0.123. The van der Waals surface area contributed by atoms with E-state index in [0.29, 0.717) is 16.9 Å². The van der Waals surface area contributed by atoms with Crippen molar-refractivity contribution in [3.63, 3.8) is 0 Å². The first-order chi connectivity index (χ1) is 14.1. The van der Waals surface area contributed by atoms with Crippen LogP contribution in [0.1, 0.15) is 51.4 Å². The van der Waals surface area contributed by atoms with Crippen molar-refractivity contribution in [3.05, 3.63) is 54.1 Å². The Morgan fingerprint density at radius 3 is 2.20 bits per heavy atom.